The van der Waals surface area contributed by atoms with Crippen LogP contribution in [0.5, 0.6) is 0 Å². The zero-order valence-electron chi connectivity index (χ0n) is 11.7. The zero-order chi connectivity index (χ0) is 13.9. The Morgan fingerprint density at radius 2 is 2.20 bits per heavy atom. The summed E-state index contributed by atoms with van der Waals surface area (Å²) in [4.78, 5) is 12.3. The van der Waals surface area contributed by atoms with Crippen molar-refractivity contribution in [3.8, 4) is 0 Å². The van der Waals surface area contributed by atoms with Gasteiger partial charge in [0.25, 0.3) is 0 Å². The highest BCUT2D eigenvalue weighted by Crippen LogP contribution is 2.35. The van der Waals surface area contributed by atoms with Gasteiger partial charge in [0.05, 0.1) is 5.69 Å². The van der Waals surface area contributed by atoms with Crippen LogP contribution in [0.15, 0.2) is 24.5 Å². The van der Waals surface area contributed by atoms with E-state index in [0.29, 0.717) is 0 Å². The van der Waals surface area contributed by atoms with Gasteiger partial charge in [0.2, 0.25) is 0 Å². The molecule has 0 aliphatic heterocycles. The summed E-state index contributed by atoms with van der Waals surface area (Å²) in [6.45, 7) is 0.964. The number of likely N-dealkylation sites (N-methyl/N-ethyl adjacent to an activating group) is 1. The molecule has 0 radical (unpaired) electrons. The molecule has 2 aromatic rings. The highest BCUT2D eigenvalue weighted by atomic mass is 32.1. The van der Waals surface area contributed by atoms with Crippen molar-refractivity contribution in [2.45, 2.75) is 31.7 Å². The standard InChI is InChI=1S/C15H20N4S/c1-19(10-7-11-5-8-17-9-6-11)15-18-13-4-2-3-12(16)14(13)20-15/h5-6,8-9,12H,2-4,7,10,16H2,1H3. The number of fused-ring (bicyclic) bond motifs is 1. The van der Waals surface area contributed by atoms with Gasteiger partial charge in [0.1, 0.15) is 0 Å². The molecule has 0 bridgehead atoms. The van der Waals surface area contributed by atoms with Crippen LogP contribution in [0.3, 0.4) is 0 Å². The monoisotopic (exact) mass is 288 g/mol. The maximum atomic E-state index is 6.17. The first-order valence-electron chi connectivity index (χ1n) is 7.09. The molecule has 2 heterocycles. The molecular formula is C15H20N4S. The summed E-state index contributed by atoms with van der Waals surface area (Å²) in [5.41, 5.74) is 8.70. The number of nitrogens with two attached hydrogens (primary N) is 1. The van der Waals surface area contributed by atoms with Crippen molar-refractivity contribution >= 4 is 16.5 Å². The maximum Gasteiger partial charge on any atom is 0.185 e. The van der Waals surface area contributed by atoms with Gasteiger partial charge in [-0.25, -0.2) is 4.98 Å². The van der Waals surface area contributed by atoms with E-state index >= 15 is 0 Å². The van der Waals surface area contributed by atoms with Crippen molar-refractivity contribution in [3.05, 3.63) is 40.7 Å². The number of rotatable bonds is 4. The summed E-state index contributed by atoms with van der Waals surface area (Å²) in [5, 5.41) is 1.10. The smallest absolute Gasteiger partial charge is 0.185 e. The molecule has 4 nitrogen and oxygen atoms in total. The molecule has 1 aliphatic rings. The van der Waals surface area contributed by atoms with E-state index in [4.69, 9.17) is 10.7 Å². The number of pyridine rings is 1. The third-order valence-electron chi connectivity index (χ3n) is 3.79. The third kappa shape index (κ3) is 2.83. The van der Waals surface area contributed by atoms with Gasteiger partial charge in [-0.3, -0.25) is 4.98 Å². The Labute approximate surface area is 123 Å². The summed E-state index contributed by atoms with van der Waals surface area (Å²) >= 11 is 1.76. The van der Waals surface area contributed by atoms with Gasteiger partial charge in [-0.05, 0) is 43.4 Å². The number of hydrogen-bond donors (Lipinski definition) is 1. The van der Waals surface area contributed by atoms with Crippen LogP contribution >= 0.6 is 11.3 Å². The average Bonchev–Trinajstić information content (AvgIpc) is 2.91. The van der Waals surface area contributed by atoms with Gasteiger partial charge in [0, 0.05) is 36.9 Å². The molecule has 0 aromatic carbocycles. The van der Waals surface area contributed by atoms with E-state index in [9.17, 15) is 0 Å². The second-order valence-electron chi connectivity index (χ2n) is 5.33. The average molecular weight is 288 g/mol. The van der Waals surface area contributed by atoms with Crippen LogP contribution in [0.25, 0.3) is 0 Å². The van der Waals surface area contributed by atoms with Crippen LogP contribution in [0.2, 0.25) is 0 Å². The Balaban J connectivity index is 1.67. The van der Waals surface area contributed by atoms with Crippen LogP contribution in [0, 0.1) is 0 Å². The highest BCUT2D eigenvalue weighted by molar-refractivity contribution is 7.15. The Bertz CT molecular complexity index is 567. The van der Waals surface area contributed by atoms with E-state index in [1.54, 1.807) is 11.3 Å². The molecular weight excluding hydrogens is 268 g/mol. The number of aromatic nitrogens is 2. The van der Waals surface area contributed by atoms with Crippen molar-refractivity contribution in [1.82, 2.24) is 9.97 Å². The molecule has 0 saturated heterocycles. The lowest BCUT2D eigenvalue weighted by Crippen LogP contribution is -2.20. The SMILES string of the molecule is CN(CCc1ccncc1)c1nc2c(s1)C(N)CCC2. The van der Waals surface area contributed by atoms with E-state index in [0.717, 1.165) is 37.4 Å². The molecule has 2 N–H and O–H groups in total. The second kappa shape index (κ2) is 5.89. The van der Waals surface area contributed by atoms with Gasteiger partial charge in [0.15, 0.2) is 5.13 Å². The predicted molar refractivity (Wildman–Crippen MR) is 83.2 cm³/mol. The molecule has 0 fully saturated rings. The van der Waals surface area contributed by atoms with E-state index in [1.807, 2.05) is 12.4 Å². The Kier molecular flexibility index (Phi) is 3.98. The van der Waals surface area contributed by atoms with Gasteiger partial charge in [-0.2, -0.15) is 0 Å². The molecule has 0 spiro atoms. The van der Waals surface area contributed by atoms with E-state index in [2.05, 4.69) is 29.1 Å². The summed E-state index contributed by atoms with van der Waals surface area (Å²) in [7, 11) is 2.11. The fraction of sp³-hybridized carbons (Fsp3) is 0.467. The zero-order valence-corrected chi connectivity index (χ0v) is 12.6. The molecule has 1 aliphatic carbocycles. The normalized spacial score (nSPS) is 17.8. The van der Waals surface area contributed by atoms with Gasteiger partial charge >= 0.3 is 0 Å². The molecule has 5 heteroatoms. The maximum absolute atomic E-state index is 6.17. The van der Waals surface area contributed by atoms with Crippen molar-refractivity contribution < 1.29 is 0 Å². The summed E-state index contributed by atoms with van der Waals surface area (Å²) in [6.07, 6.45) is 8.04. The topological polar surface area (TPSA) is 55.0 Å². The number of nitrogens with zero attached hydrogens (tertiary/aromatic N) is 3. The fourth-order valence-corrected chi connectivity index (χ4v) is 3.68. The van der Waals surface area contributed by atoms with E-state index in [-0.39, 0.29) is 6.04 Å². The fourth-order valence-electron chi connectivity index (χ4n) is 2.55. The van der Waals surface area contributed by atoms with Crippen molar-refractivity contribution in [1.29, 1.82) is 0 Å². The van der Waals surface area contributed by atoms with Crippen molar-refractivity contribution in [2.75, 3.05) is 18.5 Å². The Hall–Kier alpha value is -1.46. The molecule has 1 unspecified atom stereocenters. The largest absolute Gasteiger partial charge is 0.351 e. The predicted octanol–water partition coefficient (Wildman–Crippen LogP) is 2.55. The number of anilines is 1. The molecule has 20 heavy (non-hydrogen) atoms. The number of aryl methyl sites for hydroxylation is 1. The Morgan fingerprint density at radius 1 is 1.40 bits per heavy atom. The molecule has 2 aromatic heterocycles. The van der Waals surface area contributed by atoms with E-state index in [1.165, 1.54) is 16.1 Å². The molecule has 106 valence electrons. The Morgan fingerprint density at radius 3 is 2.95 bits per heavy atom. The molecule has 1 atom stereocenters. The summed E-state index contributed by atoms with van der Waals surface area (Å²) in [5.74, 6) is 0. The molecule has 0 amide bonds. The van der Waals surface area contributed by atoms with Crippen LogP contribution < -0.4 is 10.6 Å². The van der Waals surface area contributed by atoms with Gasteiger partial charge in [-0.1, -0.05) is 0 Å². The van der Waals surface area contributed by atoms with E-state index < -0.39 is 0 Å². The van der Waals surface area contributed by atoms with Crippen LogP contribution in [0.4, 0.5) is 5.13 Å². The number of hydrogen-bond acceptors (Lipinski definition) is 5. The summed E-state index contributed by atoms with van der Waals surface area (Å²) < 4.78 is 0. The summed E-state index contributed by atoms with van der Waals surface area (Å²) in [6, 6.07) is 4.33. The first-order valence-corrected chi connectivity index (χ1v) is 7.91. The lowest BCUT2D eigenvalue weighted by Gasteiger charge is -2.16. The van der Waals surface area contributed by atoms with Crippen LogP contribution in [0.1, 0.15) is 35.0 Å². The molecule has 3 rings (SSSR count). The van der Waals surface area contributed by atoms with Crippen molar-refractivity contribution in [2.24, 2.45) is 5.73 Å². The highest BCUT2D eigenvalue weighted by Gasteiger charge is 2.22. The van der Waals surface area contributed by atoms with Crippen LogP contribution in [-0.4, -0.2) is 23.6 Å². The minimum absolute atomic E-state index is 0.193. The minimum Gasteiger partial charge on any atom is -0.351 e. The lowest BCUT2D eigenvalue weighted by atomic mass is 9.99. The van der Waals surface area contributed by atoms with Gasteiger partial charge in [-0.15, -0.1) is 11.3 Å². The minimum atomic E-state index is 0.193. The van der Waals surface area contributed by atoms with Crippen LogP contribution in [-0.2, 0) is 12.8 Å². The number of thiazole rings is 1. The first-order chi connectivity index (χ1) is 9.74. The quantitative estimate of drug-likeness (QED) is 0.939. The second-order valence-corrected chi connectivity index (χ2v) is 6.34. The third-order valence-corrected chi connectivity index (χ3v) is 5.14. The van der Waals surface area contributed by atoms with Crippen molar-refractivity contribution in [3.63, 3.8) is 0 Å². The first kappa shape index (κ1) is 13.5. The lowest BCUT2D eigenvalue weighted by molar-refractivity contribution is 0.573. The molecule has 0 saturated carbocycles. The van der Waals surface area contributed by atoms with Gasteiger partial charge < -0.3 is 10.6 Å².